The van der Waals surface area contributed by atoms with Crippen LogP contribution in [-0.4, -0.2) is 62.2 Å². The summed E-state index contributed by atoms with van der Waals surface area (Å²) in [4.78, 5) is 33.7. The predicted molar refractivity (Wildman–Crippen MR) is 161 cm³/mol. The molecule has 0 aliphatic rings. The zero-order valence-corrected chi connectivity index (χ0v) is 26.0. The van der Waals surface area contributed by atoms with E-state index in [0.29, 0.717) is 15.9 Å². The van der Waals surface area contributed by atoms with Crippen LogP contribution < -0.4 is 4.90 Å². The Hall–Kier alpha value is -4.27. The molecule has 0 unspecified atom stereocenters. The minimum absolute atomic E-state index is 0.0272. The lowest BCUT2D eigenvalue weighted by molar-refractivity contribution is -0.135. The maximum absolute atomic E-state index is 13.8. The summed E-state index contributed by atoms with van der Waals surface area (Å²) in [6.07, 6.45) is 1.79. The molecule has 224 valence electrons. The lowest BCUT2D eigenvalue weighted by Gasteiger charge is -2.26. The quantitative estimate of drug-likeness (QED) is 0.246. The van der Waals surface area contributed by atoms with Gasteiger partial charge < -0.3 is 9.84 Å². The van der Waals surface area contributed by atoms with Gasteiger partial charge in [0.1, 0.15) is 22.9 Å². The average Bonchev–Trinajstić information content (AvgIpc) is 2.97. The van der Waals surface area contributed by atoms with Gasteiger partial charge in [-0.3, -0.25) is 14.7 Å². The van der Waals surface area contributed by atoms with E-state index in [1.54, 1.807) is 39.0 Å². The number of rotatable bonds is 10. The van der Waals surface area contributed by atoms with E-state index < -0.39 is 34.2 Å². The highest BCUT2D eigenvalue weighted by molar-refractivity contribution is 9.10. The van der Waals surface area contributed by atoms with E-state index in [2.05, 4.69) is 36.1 Å². The van der Waals surface area contributed by atoms with Gasteiger partial charge in [-0.05, 0) is 73.1 Å². The second-order valence-corrected chi connectivity index (χ2v) is 13.1. The molecule has 0 aliphatic carbocycles. The van der Waals surface area contributed by atoms with Crippen LogP contribution in [-0.2, 0) is 32.6 Å². The fraction of sp³-hybridized carbons (Fsp3) is 0.241. The lowest BCUT2D eigenvalue weighted by Crippen LogP contribution is -2.40. The number of carboxylic acids is 1. The number of halogens is 1. The molecular formula is C29H29BrN6O6S. The molecule has 0 bridgehead atoms. The van der Waals surface area contributed by atoms with E-state index in [-0.39, 0.29) is 29.5 Å². The summed E-state index contributed by atoms with van der Waals surface area (Å²) in [7, 11) is -4.13. The number of ether oxygens (including phenoxy) is 1. The van der Waals surface area contributed by atoms with Gasteiger partial charge in [0.25, 0.3) is 0 Å². The third-order valence-corrected chi connectivity index (χ3v) is 8.31. The highest BCUT2D eigenvalue weighted by atomic mass is 79.9. The molecule has 1 N–H and O–H groups in total. The summed E-state index contributed by atoms with van der Waals surface area (Å²) < 4.78 is 34.6. The monoisotopic (exact) mass is 668 g/mol. The first-order valence-electron chi connectivity index (χ1n) is 13.0. The maximum atomic E-state index is 13.8. The van der Waals surface area contributed by atoms with Crippen molar-refractivity contribution in [3.8, 4) is 11.3 Å². The van der Waals surface area contributed by atoms with Crippen molar-refractivity contribution in [2.75, 3.05) is 11.4 Å². The van der Waals surface area contributed by atoms with Crippen LogP contribution in [0.4, 0.5) is 10.6 Å². The molecule has 3 heterocycles. The number of carbonyl (C=O) groups is 2. The van der Waals surface area contributed by atoms with Gasteiger partial charge in [-0.25, -0.2) is 18.2 Å². The summed E-state index contributed by atoms with van der Waals surface area (Å²) in [5.74, 6) is -1.31. The molecule has 4 rings (SSSR count). The van der Waals surface area contributed by atoms with Gasteiger partial charge >= 0.3 is 12.1 Å². The zero-order chi connectivity index (χ0) is 31.2. The number of nitrogens with zero attached hydrogens (tertiary/aromatic N) is 6. The first kappa shape index (κ1) is 31.7. The molecular weight excluding hydrogens is 640 g/mol. The Morgan fingerprint density at radius 1 is 0.953 bits per heavy atom. The molecule has 4 aromatic rings. The normalized spacial score (nSPS) is 11.7. The van der Waals surface area contributed by atoms with Crippen molar-refractivity contribution in [2.24, 2.45) is 0 Å². The number of pyridine rings is 2. The molecule has 0 saturated carbocycles. The minimum Gasteiger partial charge on any atom is -0.480 e. The Kier molecular flexibility index (Phi) is 9.84. The molecule has 0 fully saturated rings. The van der Waals surface area contributed by atoms with Crippen LogP contribution in [0.3, 0.4) is 0 Å². The van der Waals surface area contributed by atoms with Gasteiger partial charge in [-0.15, -0.1) is 0 Å². The Bertz CT molecular complexity index is 1680. The molecule has 0 saturated heterocycles. The highest BCUT2D eigenvalue weighted by Gasteiger charge is 2.30. The number of sulfonamides is 1. The number of amides is 1. The second kappa shape index (κ2) is 13.4. The molecule has 0 radical (unpaired) electrons. The van der Waals surface area contributed by atoms with Crippen molar-refractivity contribution in [3.05, 3.63) is 95.0 Å². The summed E-state index contributed by atoms with van der Waals surface area (Å²) in [6, 6.07) is 18.8. The number of carbonyl (C=O) groups excluding carboxylic acids is 1. The zero-order valence-electron chi connectivity index (χ0n) is 23.6. The molecule has 0 aliphatic heterocycles. The molecule has 0 atom stereocenters. The van der Waals surface area contributed by atoms with Gasteiger partial charge in [-0.1, -0.05) is 30.3 Å². The largest absolute Gasteiger partial charge is 0.480 e. The van der Waals surface area contributed by atoms with Crippen LogP contribution in [0.1, 0.15) is 32.2 Å². The fourth-order valence-electron chi connectivity index (χ4n) is 3.85. The van der Waals surface area contributed by atoms with Crippen molar-refractivity contribution in [2.45, 2.75) is 44.4 Å². The van der Waals surface area contributed by atoms with Crippen molar-refractivity contribution >= 4 is 43.8 Å². The highest BCUT2D eigenvalue weighted by Crippen LogP contribution is 2.26. The van der Waals surface area contributed by atoms with E-state index in [1.807, 2.05) is 30.3 Å². The van der Waals surface area contributed by atoms with Crippen molar-refractivity contribution in [1.29, 1.82) is 0 Å². The van der Waals surface area contributed by atoms with Crippen LogP contribution in [0.5, 0.6) is 0 Å². The SMILES string of the molecule is CC(C)(C)OC(=O)N(CC(=O)O)c1ccc(Br)c(CN(Cc2ccc(-c3ccccc3)nn2)S(=O)(=O)c2cccnc2)n1. The fourth-order valence-corrected chi connectivity index (χ4v) is 5.54. The summed E-state index contributed by atoms with van der Waals surface area (Å²) >= 11 is 3.41. The molecule has 1 amide bonds. The topological polar surface area (TPSA) is 156 Å². The Labute approximate surface area is 257 Å². The third kappa shape index (κ3) is 8.40. The molecule has 0 spiro atoms. The Balaban J connectivity index is 1.70. The first-order valence-corrected chi connectivity index (χ1v) is 15.2. The number of hydrogen-bond donors (Lipinski definition) is 1. The van der Waals surface area contributed by atoms with E-state index in [9.17, 15) is 23.1 Å². The summed E-state index contributed by atoms with van der Waals surface area (Å²) in [5, 5.41) is 18.0. The van der Waals surface area contributed by atoms with Gasteiger partial charge in [-0.2, -0.15) is 14.5 Å². The van der Waals surface area contributed by atoms with Crippen LogP contribution in [0.15, 0.2) is 88.5 Å². The molecule has 1 aromatic carbocycles. The molecule has 3 aromatic heterocycles. The maximum Gasteiger partial charge on any atom is 0.416 e. The van der Waals surface area contributed by atoms with Gasteiger partial charge in [0.05, 0.1) is 30.2 Å². The van der Waals surface area contributed by atoms with E-state index in [1.165, 1.54) is 30.6 Å². The van der Waals surface area contributed by atoms with Crippen molar-refractivity contribution < 1.29 is 27.9 Å². The first-order chi connectivity index (χ1) is 20.3. The van der Waals surface area contributed by atoms with Crippen LogP contribution >= 0.6 is 15.9 Å². The van der Waals surface area contributed by atoms with Gasteiger partial charge in [0, 0.05) is 22.4 Å². The number of aromatic nitrogens is 4. The van der Waals surface area contributed by atoms with Crippen LogP contribution in [0.25, 0.3) is 11.3 Å². The van der Waals surface area contributed by atoms with Gasteiger partial charge in [0.15, 0.2) is 0 Å². The molecule has 12 nitrogen and oxygen atoms in total. The van der Waals surface area contributed by atoms with Crippen molar-refractivity contribution in [3.63, 3.8) is 0 Å². The number of hydrogen-bond acceptors (Lipinski definition) is 9. The standard InChI is InChI=1S/C29H29BrN6O6S/c1-29(2,3)42-28(39)36(19-27(37)38)26-14-12-23(30)25(32-26)18-35(43(40,41)22-10-7-15-31-16-22)17-21-11-13-24(34-33-21)20-8-5-4-6-9-20/h4-16H,17-19H2,1-3H3,(H,37,38). The number of benzene rings is 1. The second-order valence-electron chi connectivity index (χ2n) is 10.3. The summed E-state index contributed by atoms with van der Waals surface area (Å²) in [5.41, 5.74) is 1.20. The number of aliphatic carboxylic acids is 1. The summed E-state index contributed by atoms with van der Waals surface area (Å²) in [6.45, 7) is 3.82. The Morgan fingerprint density at radius 3 is 2.30 bits per heavy atom. The third-order valence-electron chi connectivity index (χ3n) is 5.81. The number of anilines is 1. The average molecular weight is 670 g/mol. The number of carboxylic acid groups (broad SMARTS) is 1. The Morgan fingerprint density at radius 2 is 1.70 bits per heavy atom. The van der Waals surface area contributed by atoms with E-state index in [4.69, 9.17) is 4.74 Å². The lowest BCUT2D eigenvalue weighted by atomic mass is 10.1. The van der Waals surface area contributed by atoms with Crippen LogP contribution in [0, 0.1) is 0 Å². The molecule has 14 heteroatoms. The van der Waals surface area contributed by atoms with Gasteiger partial charge in [0.2, 0.25) is 10.0 Å². The minimum atomic E-state index is -4.13. The molecule has 43 heavy (non-hydrogen) atoms. The van der Waals surface area contributed by atoms with E-state index >= 15 is 0 Å². The smallest absolute Gasteiger partial charge is 0.416 e. The predicted octanol–water partition coefficient (Wildman–Crippen LogP) is 4.91. The van der Waals surface area contributed by atoms with E-state index in [0.717, 1.165) is 14.8 Å². The van der Waals surface area contributed by atoms with Crippen LogP contribution in [0.2, 0.25) is 0 Å². The van der Waals surface area contributed by atoms with Crippen molar-refractivity contribution in [1.82, 2.24) is 24.5 Å².